The van der Waals surface area contributed by atoms with E-state index in [-0.39, 0.29) is 29.5 Å². The SMILES string of the molecule is CC(=O)Nc1cccc(-n2cnnc2SCC(=O)NC(c2ccccc2)C(C)C)c1. The predicted molar refractivity (Wildman–Crippen MR) is 119 cm³/mol. The van der Waals surface area contributed by atoms with Crippen LogP contribution in [0, 0.1) is 5.92 Å². The summed E-state index contributed by atoms with van der Waals surface area (Å²) in [6.07, 6.45) is 1.59. The molecular weight excluding hydrogens is 398 g/mol. The van der Waals surface area contributed by atoms with Gasteiger partial charge < -0.3 is 10.6 Å². The number of rotatable bonds is 8. The molecule has 0 saturated carbocycles. The van der Waals surface area contributed by atoms with Crippen LogP contribution in [-0.4, -0.2) is 32.3 Å². The van der Waals surface area contributed by atoms with Crippen LogP contribution in [0.15, 0.2) is 66.1 Å². The van der Waals surface area contributed by atoms with Gasteiger partial charge in [-0.2, -0.15) is 0 Å². The minimum atomic E-state index is -0.139. The molecule has 1 aromatic heterocycles. The van der Waals surface area contributed by atoms with Crippen LogP contribution >= 0.6 is 11.8 Å². The standard InChI is InChI=1S/C22H25N5O2S/c1-15(2)21(17-8-5-4-6-9-17)25-20(29)13-30-22-26-23-14-27(22)19-11-7-10-18(12-19)24-16(3)28/h4-12,14-15,21H,13H2,1-3H3,(H,24,28)(H,25,29). The Morgan fingerprint density at radius 1 is 1.10 bits per heavy atom. The van der Waals surface area contributed by atoms with Crippen molar-refractivity contribution in [3.8, 4) is 5.69 Å². The lowest BCUT2D eigenvalue weighted by Crippen LogP contribution is -2.33. The fourth-order valence-corrected chi connectivity index (χ4v) is 3.82. The summed E-state index contributed by atoms with van der Waals surface area (Å²) in [7, 11) is 0. The molecule has 2 amide bonds. The Morgan fingerprint density at radius 2 is 1.87 bits per heavy atom. The first-order valence-corrected chi connectivity index (χ1v) is 10.7. The van der Waals surface area contributed by atoms with Crippen molar-refractivity contribution in [1.29, 1.82) is 0 Å². The molecule has 0 bridgehead atoms. The molecule has 0 spiro atoms. The van der Waals surface area contributed by atoms with Crippen molar-refractivity contribution in [3.63, 3.8) is 0 Å². The molecule has 0 radical (unpaired) electrons. The van der Waals surface area contributed by atoms with Crippen molar-refractivity contribution in [2.45, 2.75) is 32.0 Å². The largest absolute Gasteiger partial charge is 0.348 e. The minimum Gasteiger partial charge on any atom is -0.348 e. The summed E-state index contributed by atoms with van der Waals surface area (Å²) in [6, 6.07) is 17.3. The van der Waals surface area contributed by atoms with Crippen LogP contribution in [0.2, 0.25) is 0 Å². The van der Waals surface area contributed by atoms with Crippen LogP contribution in [0.4, 0.5) is 5.69 Å². The van der Waals surface area contributed by atoms with E-state index in [1.165, 1.54) is 18.7 Å². The molecule has 2 N–H and O–H groups in total. The normalized spacial score (nSPS) is 11.9. The van der Waals surface area contributed by atoms with E-state index in [2.05, 4.69) is 34.7 Å². The van der Waals surface area contributed by atoms with Crippen molar-refractivity contribution in [1.82, 2.24) is 20.1 Å². The molecule has 3 aromatic rings. The van der Waals surface area contributed by atoms with Crippen LogP contribution in [-0.2, 0) is 9.59 Å². The summed E-state index contributed by atoms with van der Waals surface area (Å²) in [5.74, 6) is 0.283. The smallest absolute Gasteiger partial charge is 0.230 e. The van der Waals surface area contributed by atoms with Crippen LogP contribution < -0.4 is 10.6 Å². The predicted octanol–water partition coefficient (Wildman–Crippen LogP) is 3.83. The van der Waals surface area contributed by atoms with Gasteiger partial charge in [-0.05, 0) is 29.7 Å². The van der Waals surface area contributed by atoms with E-state index in [1.807, 2.05) is 54.6 Å². The lowest BCUT2D eigenvalue weighted by atomic mass is 9.96. The lowest BCUT2D eigenvalue weighted by Gasteiger charge is -2.22. The zero-order chi connectivity index (χ0) is 21.5. The molecule has 0 fully saturated rings. The highest BCUT2D eigenvalue weighted by atomic mass is 32.2. The number of nitrogens with zero attached hydrogens (tertiary/aromatic N) is 3. The highest BCUT2D eigenvalue weighted by Gasteiger charge is 2.19. The van der Waals surface area contributed by atoms with Gasteiger partial charge in [0.05, 0.1) is 17.5 Å². The van der Waals surface area contributed by atoms with E-state index in [1.54, 1.807) is 10.9 Å². The Hall–Kier alpha value is -3.13. The van der Waals surface area contributed by atoms with Gasteiger partial charge in [0.1, 0.15) is 6.33 Å². The summed E-state index contributed by atoms with van der Waals surface area (Å²) >= 11 is 1.32. The first-order chi connectivity index (χ1) is 14.4. The van der Waals surface area contributed by atoms with Gasteiger partial charge in [0, 0.05) is 12.6 Å². The van der Waals surface area contributed by atoms with Crippen LogP contribution in [0.3, 0.4) is 0 Å². The van der Waals surface area contributed by atoms with Crippen LogP contribution in [0.5, 0.6) is 0 Å². The van der Waals surface area contributed by atoms with Gasteiger partial charge in [-0.1, -0.05) is 62.0 Å². The van der Waals surface area contributed by atoms with E-state index < -0.39 is 0 Å². The number of hydrogen-bond acceptors (Lipinski definition) is 5. The second kappa shape index (κ2) is 10.1. The fourth-order valence-electron chi connectivity index (χ4n) is 3.08. The Kier molecular flexibility index (Phi) is 7.24. The van der Waals surface area contributed by atoms with Gasteiger partial charge in [0.25, 0.3) is 0 Å². The monoisotopic (exact) mass is 423 g/mol. The first kappa shape index (κ1) is 21.6. The molecular formula is C22H25N5O2S. The van der Waals surface area contributed by atoms with Gasteiger partial charge in [-0.15, -0.1) is 10.2 Å². The molecule has 3 rings (SSSR count). The first-order valence-electron chi connectivity index (χ1n) is 9.69. The fraction of sp³-hybridized carbons (Fsp3) is 0.273. The highest BCUT2D eigenvalue weighted by Crippen LogP contribution is 2.24. The van der Waals surface area contributed by atoms with E-state index >= 15 is 0 Å². The molecule has 1 unspecified atom stereocenters. The van der Waals surface area contributed by atoms with E-state index in [4.69, 9.17) is 0 Å². The van der Waals surface area contributed by atoms with E-state index in [0.29, 0.717) is 10.8 Å². The van der Waals surface area contributed by atoms with Crippen molar-refractivity contribution in [3.05, 3.63) is 66.5 Å². The zero-order valence-electron chi connectivity index (χ0n) is 17.2. The number of carbonyl (C=O) groups excluding carboxylic acids is 2. The topological polar surface area (TPSA) is 88.9 Å². The average Bonchev–Trinajstić information content (AvgIpc) is 3.19. The summed E-state index contributed by atoms with van der Waals surface area (Å²) in [5, 5.41) is 14.6. The van der Waals surface area contributed by atoms with Crippen molar-refractivity contribution in [2.24, 2.45) is 5.92 Å². The molecule has 0 aliphatic heterocycles. The molecule has 0 aliphatic rings. The average molecular weight is 424 g/mol. The van der Waals surface area contributed by atoms with Gasteiger partial charge >= 0.3 is 0 Å². The molecule has 8 heteroatoms. The van der Waals surface area contributed by atoms with Crippen molar-refractivity contribution >= 4 is 29.3 Å². The number of amides is 2. The number of benzene rings is 2. The third-order valence-corrected chi connectivity index (χ3v) is 5.38. The van der Waals surface area contributed by atoms with Gasteiger partial charge in [0.15, 0.2) is 5.16 Å². The van der Waals surface area contributed by atoms with Gasteiger partial charge in [0.2, 0.25) is 11.8 Å². The third kappa shape index (κ3) is 5.70. The number of thioether (sulfide) groups is 1. The maximum absolute atomic E-state index is 12.6. The van der Waals surface area contributed by atoms with Crippen molar-refractivity contribution in [2.75, 3.05) is 11.1 Å². The summed E-state index contributed by atoms with van der Waals surface area (Å²) in [4.78, 5) is 23.9. The number of nitrogens with one attached hydrogen (secondary N) is 2. The summed E-state index contributed by atoms with van der Waals surface area (Å²) < 4.78 is 1.79. The highest BCUT2D eigenvalue weighted by molar-refractivity contribution is 7.99. The third-order valence-electron chi connectivity index (χ3n) is 4.44. The molecule has 1 atom stereocenters. The summed E-state index contributed by atoms with van der Waals surface area (Å²) in [6.45, 7) is 5.64. The Bertz CT molecular complexity index is 1000. The van der Waals surface area contributed by atoms with Crippen molar-refractivity contribution < 1.29 is 9.59 Å². The number of hydrogen-bond donors (Lipinski definition) is 2. The molecule has 2 aromatic carbocycles. The molecule has 7 nitrogen and oxygen atoms in total. The molecule has 30 heavy (non-hydrogen) atoms. The Morgan fingerprint density at radius 3 is 2.57 bits per heavy atom. The second-order valence-electron chi connectivity index (χ2n) is 7.20. The molecule has 1 heterocycles. The second-order valence-corrected chi connectivity index (χ2v) is 8.15. The molecule has 0 aliphatic carbocycles. The quantitative estimate of drug-likeness (QED) is 0.538. The van der Waals surface area contributed by atoms with Crippen LogP contribution in [0.1, 0.15) is 32.4 Å². The Balaban J connectivity index is 1.67. The number of aromatic nitrogens is 3. The molecule has 0 saturated heterocycles. The number of anilines is 1. The van der Waals surface area contributed by atoms with E-state index in [0.717, 1.165) is 11.3 Å². The zero-order valence-corrected chi connectivity index (χ0v) is 18.0. The molecule has 156 valence electrons. The van der Waals surface area contributed by atoms with Gasteiger partial charge in [-0.3, -0.25) is 14.2 Å². The maximum Gasteiger partial charge on any atom is 0.230 e. The Labute approximate surface area is 180 Å². The van der Waals surface area contributed by atoms with Crippen LogP contribution in [0.25, 0.3) is 5.69 Å². The minimum absolute atomic E-state index is 0.0495. The summed E-state index contributed by atoms with van der Waals surface area (Å²) in [5.41, 5.74) is 2.58. The maximum atomic E-state index is 12.6. The number of carbonyl (C=O) groups is 2. The lowest BCUT2D eigenvalue weighted by molar-refractivity contribution is -0.119. The van der Waals surface area contributed by atoms with E-state index in [9.17, 15) is 9.59 Å². The van der Waals surface area contributed by atoms with Gasteiger partial charge in [-0.25, -0.2) is 0 Å².